The number of rotatable bonds is 9. The average Bonchev–Trinajstić information content (AvgIpc) is 3.37. The third-order valence-corrected chi connectivity index (χ3v) is 6.46. The summed E-state index contributed by atoms with van der Waals surface area (Å²) >= 11 is 1.33. The van der Waals surface area contributed by atoms with Gasteiger partial charge in [-0.3, -0.25) is 9.59 Å². The van der Waals surface area contributed by atoms with Gasteiger partial charge in [0.05, 0.1) is 30.3 Å². The van der Waals surface area contributed by atoms with Crippen molar-refractivity contribution in [3.8, 4) is 5.75 Å². The maximum absolute atomic E-state index is 13.7. The third-order valence-electron chi connectivity index (χ3n) is 5.56. The number of benzene rings is 3. The molecule has 0 spiro atoms. The van der Waals surface area contributed by atoms with E-state index >= 15 is 0 Å². The second kappa shape index (κ2) is 10.9. The molecule has 2 N–H and O–H groups in total. The van der Waals surface area contributed by atoms with Crippen molar-refractivity contribution in [3.63, 3.8) is 0 Å². The highest BCUT2D eigenvalue weighted by Gasteiger charge is 2.28. The number of amides is 1. The Bertz CT molecular complexity index is 1240. The lowest BCUT2D eigenvalue weighted by Gasteiger charge is -2.26. The first-order valence-corrected chi connectivity index (χ1v) is 11.9. The van der Waals surface area contributed by atoms with Crippen LogP contribution in [0.25, 0.3) is 0 Å². The van der Waals surface area contributed by atoms with Gasteiger partial charge in [-0.2, -0.15) is 0 Å². The van der Waals surface area contributed by atoms with E-state index in [1.165, 1.54) is 11.3 Å². The maximum Gasteiger partial charge on any atom is 0.244 e. The fourth-order valence-corrected chi connectivity index (χ4v) is 4.61. The highest BCUT2D eigenvalue weighted by Crippen LogP contribution is 2.31. The summed E-state index contributed by atoms with van der Waals surface area (Å²) in [5.74, 6) is 0.382. The number of nitrogens with zero attached hydrogens (tertiary/aromatic N) is 1. The van der Waals surface area contributed by atoms with Crippen molar-refractivity contribution < 1.29 is 14.3 Å². The normalized spacial score (nSPS) is 11.6. The lowest BCUT2D eigenvalue weighted by Crippen LogP contribution is -2.45. The van der Waals surface area contributed by atoms with Crippen LogP contribution < -0.4 is 15.4 Å². The van der Waals surface area contributed by atoms with E-state index < -0.39 is 6.04 Å². The highest BCUT2D eigenvalue weighted by atomic mass is 32.1. The van der Waals surface area contributed by atoms with Gasteiger partial charge in [-0.1, -0.05) is 72.8 Å². The summed E-state index contributed by atoms with van der Waals surface area (Å²) in [5, 5.41) is 1.84. The monoisotopic (exact) mass is 470 g/mol. The lowest BCUT2D eigenvalue weighted by molar-refractivity contribution is -0.120. The van der Waals surface area contributed by atoms with Crippen molar-refractivity contribution in [1.29, 1.82) is 0 Å². The Morgan fingerprint density at radius 2 is 1.53 bits per heavy atom. The predicted octanol–water partition coefficient (Wildman–Crippen LogP) is 5.09. The van der Waals surface area contributed by atoms with Crippen molar-refractivity contribution in [2.24, 2.45) is 5.73 Å². The van der Waals surface area contributed by atoms with Gasteiger partial charge in [-0.25, -0.2) is 0 Å². The van der Waals surface area contributed by atoms with Gasteiger partial charge in [0.2, 0.25) is 11.7 Å². The summed E-state index contributed by atoms with van der Waals surface area (Å²) in [6.07, 6.45) is 0.408. The third kappa shape index (κ3) is 5.42. The minimum absolute atomic E-state index is 0.116. The number of thiophene rings is 1. The van der Waals surface area contributed by atoms with Crippen LogP contribution >= 0.6 is 11.3 Å². The van der Waals surface area contributed by atoms with Crippen molar-refractivity contribution in [2.75, 3.05) is 12.0 Å². The molecular weight excluding hydrogens is 444 g/mol. The number of anilines is 1. The van der Waals surface area contributed by atoms with Crippen molar-refractivity contribution in [1.82, 2.24) is 0 Å². The van der Waals surface area contributed by atoms with Crippen LogP contribution in [0.5, 0.6) is 5.75 Å². The van der Waals surface area contributed by atoms with E-state index in [-0.39, 0.29) is 18.2 Å². The summed E-state index contributed by atoms with van der Waals surface area (Å²) in [7, 11) is 1.61. The van der Waals surface area contributed by atoms with E-state index in [1.807, 2.05) is 84.2 Å². The molecule has 0 saturated carbocycles. The van der Waals surface area contributed by atoms with E-state index in [1.54, 1.807) is 24.1 Å². The number of ketones is 1. The molecule has 0 aliphatic rings. The molecular formula is C28H26N2O3S. The van der Waals surface area contributed by atoms with Crippen LogP contribution in [0.3, 0.4) is 0 Å². The van der Waals surface area contributed by atoms with Crippen LogP contribution in [0.15, 0.2) is 96.4 Å². The van der Waals surface area contributed by atoms with Crippen LogP contribution in [0.1, 0.15) is 26.4 Å². The molecule has 1 heterocycles. The minimum atomic E-state index is -0.750. The topological polar surface area (TPSA) is 72.6 Å². The number of hydrogen-bond acceptors (Lipinski definition) is 5. The molecule has 4 rings (SSSR count). The number of nitrogens with two attached hydrogens (primary N) is 1. The van der Waals surface area contributed by atoms with Gasteiger partial charge < -0.3 is 15.4 Å². The zero-order valence-electron chi connectivity index (χ0n) is 18.9. The summed E-state index contributed by atoms with van der Waals surface area (Å²) in [6.45, 7) is 0.289. The zero-order chi connectivity index (χ0) is 23.9. The number of methoxy groups -OCH3 is 1. The SMILES string of the molecule is COc1ccc(CN(C(=O)[C@@H](N)Cc2ccccc2)c2ccsc2C(=O)c2ccccc2)cc1. The molecule has 0 aliphatic carbocycles. The van der Waals surface area contributed by atoms with Crippen molar-refractivity contribution in [3.05, 3.63) is 118 Å². The molecule has 5 nitrogen and oxygen atoms in total. The average molecular weight is 471 g/mol. The summed E-state index contributed by atoms with van der Waals surface area (Å²) in [5.41, 5.74) is 9.45. The van der Waals surface area contributed by atoms with Gasteiger partial charge in [-0.05, 0) is 41.1 Å². The first kappa shape index (κ1) is 23.4. The van der Waals surface area contributed by atoms with Gasteiger partial charge in [0.15, 0.2) is 0 Å². The molecule has 0 fully saturated rings. The quantitative estimate of drug-likeness (QED) is 0.346. The summed E-state index contributed by atoms with van der Waals surface area (Å²) in [4.78, 5) is 29.1. The number of carbonyl (C=O) groups is 2. The first-order valence-electron chi connectivity index (χ1n) is 11.0. The van der Waals surface area contributed by atoms with E-state index in [2.05, 4.69) is 0 Å². The molecule has 0 saturated heterocycles. The Kier molecular flexibility index (Phi) is 7.52. The second-order valence-corrected chi connectivity index (χ2v) is 8.81. The lowest BCUT2D eigenvalue weighted by atomic mass is 10.0. The van der Waals surface area contributed by atoms with E-state index in [9.17, 15) is 9.59 Å². The molecule has 4 aromatic rings. The molecule has 0 radical (unpaired) electrons. The van der Waals surface area contributed by atoms with Gasteiger partial charge >= 0.3 is 0 Å². The van der Waals surface area contributed by atoms with Crippen molar-refractivity contribution in [2.45, 2.75) is 19.0 Å². The van der Waals surface area contributed by atoms with Crippen LogP contribution in [-0.4, -0.2) is 24.8 Å². The number of ether oxygens (including phenoxy) is 1. The fourth-order valence-electron chi connectivity index (χ4n) is 3.76. The van der Waals surface area contributed by atoms with E-state index in [0.717, 1.165) is 16.9 Å². The molecule has 0 unspecified atom stereocenters. The summed E-state index contributed by atoms with van der Waals surface area (Å²) in [6, 6.07) is 27.4. The molecule has 0 aliphatic heterocycles. The Morgan fingerprint density at radius 3 is 2.18 bits per heavy atom. The molecule has 34 heavy (non-hydrogen) atoms. The Hall–Kier alpha value is -3.74. The minimum Gasteiger partial charge on any atom is -0.497 e. The first-order chi connectivity index (χ1) is 16.6. The van der Waals surface area contributed by atoms with Crippen LogP contribution in [0.2, 0.25) is 0 Å². The molecule has 6 heteroatoms. The fraction of sp³-hybridized carbons (Fsp3) is 0.143. The van der Waals surface area contributed by atoms with E-state index in [4.69, 9.17) is 10.5 Å². The van der Waals surface area contributed by atoms with E-state index in [0.29, 0.717) is 22.5 Å². The molecule has 1 atom stereocenters. The van der Waals surface area contributed by atoms with Gasteiger partial charge in [0.25, 0.3) is 0 Å². The highest BCUT2D eigenvalue weighted by molar-refractivity contribution is 7.13. The van der Waals surface area contributed by atoms with Crippen LogP contribution in [0.4, 0.5) is 5.69 Å². The largest absolute Gasteiger partial charge is 0.497 e. The Balaban J connectivity index is 1.67. The van der Waals surface area contributed by atoms with Gasteiger partial charge in [0, 0.05) is 5.56 Å². The standard InChI is InChI=1S/C28H26N2O3S/c1-33-23-14-12-21(13-15-23)19-30(28(32)24(29)18-20-8-4-2-5-9-20)25-16-17-34-27(25)26(31)22-10-6-3-7-11-22/h2-17,24H,18-19,29H2,1H3/t24-/m0/s1. The number of carbonyl (C=O) groups excluding carboxylic acids is 2. The second-order valence-electron chi connectivity index (χ2n) is 7.90. The molecule has 172 valence electrons. The zero-order valence-corrected chi connectivity index (χ0v) is 19.7. The molecule has 3 aromatic carbocycles. The van der Waals surface area contributed by atoms with Gasteiger partial charge in [-0.15, -0.1) is 11.3 Å². The van der Waals surface area contributed by atoms with Crippen molar-refractivity contribution >= 4 is 28.7 Å². The number of hydrogen-bond donors (Lipinski definition) is 1. The van der Waals surface area contributed by atoms with Crippen LogP contribution in [0, 0.1) is 0 Å². The van der Waals surface area contributed by atoms with Crippen LogP contribution in [-0.2, 0) is 17.8 Å². The van der Waals surface area contributed by atoms with Gasteiger partial charge in [0.1, 0.15) is 5.75 Å². The molecule has 1 amide bonds. The molecule has 1 aromatic heterocycles. The Labute approximate surface area is 203 Å². The molecule has 0 bridgehead atoms. The summed E-state index contributed by atoms with van der Waals surface area (Å²) < 4.78 is 5.25. The Morgan fingerprint density at radius 1 is 0.882 bits per heavy atom. The smallest absolute Gasteiger partial charge is 0.244 e. The maximum atomic E-state index is 13.7. The predicted molar refractivity (Wildman–Crippen MR) is 136 cm³/mol.